The molecule has 178 valence electrons. The smallest absolute Gasteiger partial charge is 0.254 e. The third-order valence-electron chi connectivity index (χ3n) is 7.53. The predicted octanol–water partition coefficient (Wildman–Crippen LogP) is 5.24. The highest BCUT2D eigenvalue weighted by molar-refractivity contribution is 6.08. The number of morpholine rings is 1. The van der Waals surface area contributed by atoms with Gasteiger partial charge in [0.1, 0.15) is 0 Å². The lowest BCUT2D eigenvalue weighted by Crippen LogP contribution is -2.44. The number of para-hydroxylation sites is 1. The van der Waals surface area contributed by atoms with Crippen molar-refractivity contribution in [1.82, 2.24) is 14.8 Å². The largest absolute Gasteiger partial charge is 0.379 e. The summed E-state index contributed by atoms with van der Waals surface area (Å²) in [7, 11) is 0. The minimum atomic E-state index is 0.120. The molecule has 0 aliphatic carbocycles. The Bertz CT molecular complexity index is 1350. The molecule has 5 nitrogen and oxygen atoms in total. The van der Waals surface area contributed by atoms with Crippen LogP contribution in [-0.2, 0) is 4.74 Å². The van der Waals surface area contributed by atoms with Crippen LogP contribution >= 0.6 is 0 Å². The monoisotopic (exact) mass is 465 g/mol. The first-order valence-corrected chi connectivity index (χ1v) is 12.7. The van der Waals surface area contributed by atoms with Crippen molar-refractivity contribution in [3.05, 3.63) is 78.4 Å². The molecule has 0 N–H and O–H groups in total. The summed E-state index contributed by atoms with van der Waals surface area (Å²) in [6, 6.07) is 24.7. The lowest BCUT2D eigenvalue weighted by Gasteiger charge is -2.36. The molecule has 0 radical (unpaired) electrons. The van der Waals surface area contributed by atoms with E-state index in [2.05, 4.69) is 47.4 Å². The maximum absolute atomic E-state index is 13.8. The number of pyridine rings is 1. The van der Waals surface area contributed by atoms with E-state index in [-0.39, 0.29) is 5.91 Å². The molecule has 6 rings (SSSR count). The van der Waals surface area contributed by atoms with Crippen molar-refractivity contribution < 1.29 is 9.53 Å². The van der Waals surface area contributed by atoms with Crippen LogP contribution in [0, 0.1) is 5.92 Å². The highest BCUT2D eigenvalue weighted by atomic mass is 16.5. The lowest BCUT2D eigenvalue weighted by molar-refractivity contribution is 0.0243. The summed E-state index contributed by atoms with van der Waals surface area (Å²) < 4.78 is 5.49. The summed E-state index contributed by atoms with van der Waals surface area (Å²) >= 11 is 0. The molecule has 0 saturated carbocycles. The van der Waals surface area contributed by atoms with Gasteiger partial charge in [-0.2, -0.15) is 0 Å². The number of likely N-dealkylation sites (tertiary alicyclic amines) is 1. The number of fused-ring (bicyclic) bond motifs is 2. The molecule has 2 aliphatic rings. The van der Waals surface area contributed by atoms with Crippen LogP contribution in [0.25, 0.3) is 32.9 Å². The van der Waals surface area contributed by atoms with E-state index in [0.717, 1.165) is 91.9 Å². The standard InChI is InChI=1S/C30H31N3O2/c34-30(33-14-12-22(13-15-33)21-32-16-18-35-19-17-32)27-20-29(31-28-11-4-3-9-26(27)28)25-10-5-7-23-6-1-2-8-24(23)25/h1-11,20,22H,12-19,21H2. The molecule has 4 aromatic rings. The number of piperidine rings is 1. The Morgan fingerprint density at radius 3 is 2.40 bits per heavy atom. The van der Waals surface area contributed by atoms with Gasteiger partial charge in [-0.1, -0.05) is 60.7 Å². The van der Waals surface area contributed by atoms with Gasteiger partial charge >= 0.3 is 0 Å². The molecular weight excluding hydrogens is 434 g/mol. The second-order valence-corrected chi connectivity index (χ2v) is 9.75. The second-order valence-electron chi connectivity index (χ2n) is 9.75. The van der Waals surface area contributed by atoms with Gasteiger partial charge in [0.25, 0.3) is 5.91 Å². The van der Waals surface area contributed by atoms with Crippen LogP contribution < -0.4 is 0 Å². The van der Waals surface area contributed by atoms with Gasteiger partial charge < -0.3 is 9.64 Å². The Morgan fingerprint density at radius 2 is 1.57 bits per heavy atom. The average Bonchev–Trinajstić information content (AvgIpc) is 2.93. The van der Waals surface area contributed by atoms with Gasteiger partial charge in [0, 0.05) is 43.7 Å². The highest BCUT2D eigenvalue weighted by Gasteiger charge is 2.27. The summed E-state index contributed by atoms with van der Waals surface area (Å²) in [6.07, 6.45) is 2.12. The van der Waals surface area contributed by atoms with Crippen molar-refractivity contribution >= 4 is 27.6 Å². The third kappa shape index (κ3) is 4.54. The molecule has 2 saturated heterocycles. The van der Waals surface area contributed by atoms with Gasteiger partial charge in [-0.05, 0) is 41.7 Å². The van der Waals surface area contributed by atoms with Gasteiger partial charge in [0.15, 0.2) is 0 Å². The zero-order valence-electron chi connectivity index (χ0n) is 20.0. The Hall–Kier alpha value is -3.28. The van der Waals surface area contributed by atoms with Crippen LogP contribution in [0.2, 0.25) is 0 Å². The second kappa shape index (κ2) is 9.76. The first-order valence-electron chi connectivity index (χ1n) is 12.7. The normalized spacial score (nSPS) is 17.8. The number of rotatable bonds is 4. The van der Waals surface area contributed by atoms with E-state index in [1.807, 2.05) is 35.2 Å². The summed E-state index contributed by atoms with van der Waals surface area (Å²) in [5.41, 5.74) is 3.53. The average molecular weight is 466 g/mol. The van der Waals surface area contributed by atoms with Crippen LogP contribution in [0.5, 0.6) is 0 Å². The van der Waals surface area contributed by atoms with Crippen molar-refractivity contribution in [2.45, 2.75) is 12.8 Å². The van der Waals surface area contributed by atoms with E-state index < -0.39 is 0 Å². The number of nitrogens with zero attached hydrogens (tertiary/aromatic N) is 3. The van der Waals surface area contributed by atoms with Gasteiger partial charge in [0.2, 0.25) is 0 Å². The number of benzene rings is 3. The lowest BCUT2D eigenvalue weighted by atomic mass is 9.94. The number of ether oxygens (including phenoxy) is 1. The van der Waals surface area contributed by atoms with Crippen molar-refractivity contribution in [3.63, 3.8) is 0 Å². The van der Waals surface area contributed by atoms with E-state index in [0.29, 0.717) is 5.92 Å². The summed E-state index contributed by atoms with van der Waals surface area (Å²) in [6.45, 7) is 6.48. The number of hydrogen-bond acceptors (Lipinski definition) is 4. The topological polar surface area (TPSA) is 45.7 Å². The van der Waals surface area contributed by atoms with Crippen LogP contribution in [0.4, 0.5) is 0 Å². The molecule has 35 heavy (non-hydrogen) atoms. The molecule has 0 spiro atoms. The van der Waals surface area contributed by atoms with Crippen molar-refractivity contribution in [2.24, 2.45) is 5.92 Å². The Balaban J connectivity index is 1.29. The molecule has 0 bridgehead atoms. The van der Waals surface area contributed by atoms with Crippen LogP contribution in [0.3, 0.4) is 0 Å². The van der Waals surface area contributed by atoms with E-state index in [1.165, 1.54) is 5.39 Å². The fourth-order valence-electron chi connectivity index (χ4n) is 5.58. The number of amides is 1. The van der Waals surface area contributed by atoms with E-state index in [9.17, 15) is 4.79 Å². The Morgan fingerprint density at radius 1 is 0.857 bits per heavy atom. The van der Waals surface area contributed by atoms with E-state index in [1.54, 1.807) is 0 Å². The molecule has 3 aromatic carbocycles. The quantitative estimate of drug-likeness (QED) is 0.414. The molecular formula is C30H31N3O2. The van der Waals surface area contributed by atoms with Crippen molar-refractivity contribution in [1.29, 1.82) is 0 Å². The fraction of sp³-hybridized carbons (Fsp3) is 0.333. The summed E-state index contributed by atoms with van der Waals surface area (Å²) in [4.78, 5) is 23.4. The molecule has 2 aliphatic heterocycles. The first kappa shape index (κ1) is 22.2. The summed E-state index contributed by atoms with van der Waals surface area (Å²) in [5.74, 6) is 0.771. The van der Waals surface area contributed by atoms with E-state index in [4.69, 9.17) is 9.72 Å². The maximum atomic E-state index is 13.8. The van der Waals surface area contributed by atoms with Crippen LogP contribution in [0.15, 0.2) is 72.8 Å². The predicted molar refractivity (Wildman–Crippen MR) is 141 cm³/mol. The molecule has 1 aromatic heterocycles. The van der Waals surface area contributed by atoms with Gasteiger partial charge in [0.05, 0.1) is 30.0 Å². The Labute approximate surface area is 206 Å². The van der Waals surface area contributed by atoms with Crippen LogP contribution in [-0.4, -0.2) is 66.6 Å². The van der Waals surface area contributed by atoms with E-state index >= 15 is 0 Å². The van der Waals surface area contributed by atoms with Crippen LogP contribution in [0.1, 0.15) is 23.2 Å². The molecule has 2 fully saturated rings. The molecule has 1 amide bonds. The first-order chi connectivity index (χ1) is 17.3. The van der Waals surface area contributed by atoms with Gasteiger partial charge in [-0.3, -0.25) is 9.69 Å². The Kier molecular flexibility index (Phi) is 6.19. The minimum absolute atomic E-state index is 0.120. The molecule has 0 unspecified atom stereocenters. The summed E-state index contributed by atoms with van der Waals surface area (Å²) in [5, 5.41) is 3.26. The van der Waals surface area contributed by atoms with Gasteiger partial charge in [-0.25, -0.2) is 4.98 Å². The van der Waals surface area contributed by atoms with Crippen molar-refractivity contribution in [3.8, 4) is 11.3 Å². The third-order valence-corrected chi connectivity index (χ3v) is 7.53. The number of carbonyl (C=O) groups excluding carboxylic acids is 1. The molecule has 0 atom stereocenters. The molecule has 5 heteroatoms. The highest BCUT2D eigenvalue weighted by Crippen LogP contribution is 2.31. The van der Waals surface area contributed by atoms with Crippen molar-refractivity contribution in [2.75, 3.05) is 45.9 Å². The maximum Gasteiger partial charge on any atom is 0.254 e. The molecule has 3 heterocycles. The SMILES string of the molecule is O=C(c1cc(-c2cccc3ccccc23)nc2ccccc12)N1CCC(CN2CCOCC2)CC1. The number of carbonyl (C=O) groups is 1. The van der Waals surface area contributed by atoms with Gasteiger partial charge in [-0.15, -0.1) is 0 Å². The number of hydrogen-bond donors (Lipinski definition) is 0. The zero-order valence-corrected chi connectivity index (χ0v) is 20.0. The number of aromatic nitrogens is 1. The fourth-order valence-corrected chi connectivity index (χ4v) is 5.58. The minimum Gasteiger partial charge on any atom is -0.379 e. The zero-order chi connectivity index (χ0) is 23.6.